The van der Waals surface area contributed by atoms with Gasteiger partial charge in [-0.15, -0.1) is 0 Å². The molecule has 7 atom stereocenters. The van der Waals surface area contributed by atoms with Crippen LogP contribution < -0.4 is 0 Å². The first kappa shape index (κ1) is 16.2. The lowest BCUT2D eigenvalue weighted by molar-refractivity contribution is -0.289. The van der Waals surface area contributed by atoms with Crippen LogP contribution in [0.25, 0.3) is 0 Å². The average Bonchev–Trinajstić information content (AvgIpc) is 2.41. The fourth-order valence-electron chi connectivity index (χ4n) is 3.49. The van der Waals surface area contributed by atoms with Crippen molar-refractivity contribution in [3.63, 3.8) is 0 Å². The van der Waals surface area contributed by atoms with Crippen molar-refractivity contribution < 1.29 is 19.3 Å². The van der Waals surface area contributed by atoms with E-state index >= 15 is 0 Å². The lowest BCUT2D eigenvalue weighted by Gasteiger charge is -2.49. The van der Waals surface area contributed by atoms with Crippen molar-refractivity contribution in [3.05, 3.63) is 0 Å². The molecule has 0 saturated carbocycles. The number of hydrogen-bond acceptors (Lipinski definition) is 4. The highest BCUT2D eigenvalue weighted by atomic mass is 16.7. The van der Waals surface area contributed by atoms with E-state index in [1.807, 2.05) is 13.8 Å². The summed E-state index contributed by atoms with van der Waals surface area (Å²) in [6.07, 6.45) is 2.35. The van der Waals surface area contributed by atoms with Gasteiger partial charge in [0.2, 0.25) is 0 Å². The van der Waals surface area contributed by atoms with Crippen molar-refractivity contribution in [3.8, 4) is 0 Å². The molecule has 2 fully saturated rings. The molecular formula is C16H30O4. The van der Waals surface area contributed by atoms with Gasteiger partial charge < -0.3 is 19.3 Å². The maximum atomic E-state index is 9.40. The van der Waals surface area contributed by atoms with Crippen LogP contribution in [0.2, 0.25) is 0 Å². The van der Waals surface area contributed by atoms with E-state index in [0.29, 0.717) is 11.8 Å². The number of aliphatic hydroxyl groups excluding tert-OH is 1. The Bertz CT molecular complexity index is 305. The van der Waals surface area contributed by atoms with Crippen LogP contribution in [0.5, 0.6) is 0 Å². The summed E-state index contributed by atoms with van der Waals surface area (Å²) in [5, 5.41) is 9.40. The molecule has 2 aliphatic rings. The van der Waals surface area contributed by atoms with Crippen LogP contribution in [-0.4, -0.2) is 42.4 Å². The molecule has 2 heterocycles. The van der Waals surface area contributed by atoms with Crippen LogP contribution >= 0.6 is 0 Å². The van der Waals surface area contributed by atoms with Gasteiger partial charge in [0.15, 0.2) is 6.29 Å². The van der Waals surface area contributed by atoms with Gasteiger partial charge in [-0.3, -0.25) is 0 Å². The smallest absolute Gasteiger partial charge is 0.158 e. The van der Waals surface area contributed by atoms with Crippen molar-refractivity contribution >= 4 is 0 Å². The average molecular weight is 286 g/mol. The van der Waals surface area contributed by atoms with Gasteiger partial charge in [-0.25, -0.2) is 0 Å². The van der Waals surface area contributed by atoms with Crippen molar-refractivity contribution in [1.82, 2.24) is 0 Å². The monoisotopic (exact) mass is 286 g/mol. The van der Waals surface area contributed by atoms with E-state index in [4.69, 9.17) is 14.2 Å². The molecule has 2 aliphatic heterocycles. The summed E-state index contributed by atoms with van der Waals surface area (Å²) in [6, 6.07) is 0. The normalized spacial score (nSPS) is 43.4. The molecule has 0 aliphatic carbocycles. The molecule has 0 radical (unpaired) electrons. The Morgan fingerprint density at radius 1 is 1.10 bits per heavy atom. The second-order valence-electron chi connectivity index (χ2n) is 6.81. The Balaban J connectivity index is 2.01. The number of rotatable bonds is 4. The summed E-state index contributed by atoms with van der Waals surface area (Å²) in [7, 11) is 0. The topological polar surface area (TPSA) is 47.9 Å². The fraction of sp³-hybridized carbons (Fsp3) is 1.00. The van der Waals surface area contributed by atoms with Crippen molar-refractivity contribution in [2.75, 3.05) is 6.61 Å². The minimum Gasteiger partial charge on any atom is -0.396 e. The van der Waals surface area contributed by atoms with Crippen LogP contribution in [-0.2, 0) is 14.2 Å². The quantitative estimate of drug-likeness (QED) is 0.863. The molecule has 0 aromatic heterocycles. The van der Waals surface area contributed by atoms with Crippen LogP contribution in [0.3, 0.4) is 0 Å². The van der Waals surface area contributed by atoms with E-state index in [0.717, 1.165) is 12.8 Å². The van der Waals surface area contributed by atoms with E-state index < -0.39 is 0 Å². The molecular weight excluding hydrogens is 256 g/mol. The van der Waals surface area contributed by atoms with Gasteiger partial charge in [0.25, 0.3) is 0 Å². The van der Waals surface area contributed by atoms with Crippen molar-refractivity contribution in [2.24, 2.45) is 17.8 Å². The lowest BCUT2D eigenvalue weighted by Crippen LogP contribution is -2.56. The highest BCUT2D eigenvalue weighted by Gasteiger charge is 2.46. The number of ether oxygens (including phenoxy) is 3. The van der Waals surface area contributed by atoms with Gasteiger partial charge in [-0.1, -0.05) is 20.8 Å². The summed E-state index contributed by atoms with van der Waals surface area (Å²) in [5.74, 6) is 0.987. The molecule has 0 aromatic rings. The predicted octanol–water partition coefficient (Wildman–Crippen LogP) is 2.58. The van der Waals surface area contributed by atoms with E-state index in [2.05, 4.69) is 20.8 Å². The maximum Gasteiger partial charge on any atom is 0.158 e. The first-order chi connectivity index (χ1) is 9.43. The molecule has 4 heteroatoms. The standard InChI is InChI=1S/C16H30O4/c1-9(2)18-14-7-6-13-16(20-14)12(5)11(4)15(19-13)10(3)8-17/h9-17H,6-8H2,1-5H3/t10-,11-,12+,13-,14-,15-,16+/m0/s1. The van der Waals surface area contributed by atoms with E-state index in [9.17, 15) is 5.11 Å². The van der Waals surface area contributed by atoms with Gasteiger partial charge in [-0.2, -0.15) is 0 Å². The van der Waals surface area contributed by atoms with Crippen molar-refractivity contribution in [2.45, 2.75) is 78.2 Å². The second kappa shape index (κ2) is 6.73. The molecule has 0 amide bonds. The van der Waals surface area contributed by atoms with E-state index in [1.54, 1.807) is 0 Å². The zero-order valence-electron chi connectivity index (χ0n) is 13.4. The summed E-state index contributed by atoms with van der Waals surface area (Å²) < 4.78 is 18.2. The number of fused-ring (bicyclic) bond motifs is 1. The molecule has 0 aromatic carbocycles. The number of aliphatic hydroxyl groups is 1. The second-order valence-corrected chi connectivity index (χ2v) is 6.81. The van der Waals surface area contributed by atoms with E-state index in [-0.39, 0.29) is 43.2 Å². The Morgan fingerprint density at radius 3 is 2.40 bits per heavy atom. The Hall–Kier alpha value is -0.160. The van der Waals surface area contributed by atoms with Crippen LogP contribution in [0.4, 0.5) is 0 Å². The lowest BCUT2D eigenvalue weighted by atomic mass is 9.76. The molecule has 118 valence electrons. The summed E-state index contributed by atoms with van der Waals surface area (Å²) >= 11 is 0. The third kappa shape index (κ3) is 3.35. The van der Waals surface area contributed by atoms with Crippen LogP contribution in [0, 0.1) is 17.8 Å². The van der Waals surface area contributed by atoms with Gasteiger partial charge in [0.05, 0.1) is 24.4 Å². The predicted molar refractivity (Wildman–Crippen MR) is 77.4 cm³/mol. The number of hydrogen-bond donors (Lipinski definition) is 1. The highest BCUT2D eigenvalue weighted by molar-refractivity contribution is 4.92. The molecule has 0 spiro atoms. The molecule has 4 nitrogen and oxygen atoms in total. The zero-order chi connectivity index (χ0) is 14.9. The van der Waals surface area contributed by atoms with Gasteiger partial charge >= 0.3 is 0 Å². The zero-order valence-corrected chi connectivity index (χ0v) is 13.4. The molecule has 20 heavy (non-hydrogen) atoms. The van der Waals surface area contributed by atoms with Crippen LogP contribution in [0.1, 0.15) is 47.5 Å². The first-order valence-corrected chi connectivity index (χ1v) is 8.01. The Labute approximate surface area is 122 Å². The SMILES string of the molecule is CC(C)O[C@@H]1CC[C@@H]2O[C@@H]([C@@H](C)CO)[C@@H](C)[C@@H](C)[C@H]2O1. The Morgan fingerprint density at radius 2 is 1.80 bits per heavy atom. The van der Waals surface area contributed by atoms with E-state index in [1.165, 1.54) is 0 Å². The molecule has 0 unspecified atom stereocenters. The largest absolute Gasteiger partial charge is 0.396 e. The first-order valence-electron chi connectivity index (χ1n) is 8.01. The summed E-state index contributed by atoms with van der Waals surface area (Å²) in [4.78, 5) is 0. The van der Waals surface area contributed by atoms with Crippen LogP contribution in [0.15, 0.2) is 0 Å². The van der Waals surface area contributed by atoms with Gasteiger partial charge in [-0.05, 0) is 32.1 Å². The maximum absolute atomic E-state index is 9.40. The third-order valence-electron chi connectivity index (χ3n) is 4.83. The highest BCUT2D eigenvalue weighted by Crippen LogP contribution is 2.40. The summed E-state index contributed by atoms with van der Waals surface area (Å²) in [5.41, 5.74) is 0. The van der Waals surface area contributed by atoms with Crippen molar-refractivity contribution in [1.29, 1.82) is 0 Å². The minimum absolute atomic E-state index is 0.0960. The van der Waals surface area contributed by atoms with Gasteiger partial charge in [0.1, 0.15) is 0 Å². The van der Waals surface area contributed by atoms with Gasteiger partial charge in [0, 0.05) is 18.9 Å². The third-order valence-corrected chi connectivity index (χ3v) is 4.83. The molecule has 0 bridgehead atoms. The fourth-order valence-corrected chi connectivity index (χ4v) is 3.49. The molecule has 2 saturated heterocycles. The summed E-state index contributed by atoms with van der Waals surface area (Å²) in [6.45, 7) is 10.8. The molecule has 1 N–H and O–H groups in total. The molecule has 2 rings (SSSR count). The Kier molecular flexibility index (Phi) is 5.46. The minimum atomic E-state index is -0.0960.